The lowest BCUT2D eigenvalue weighted by molar-refractivity contribution is -0.112. The number of nitrogens with zero attached hydrogens (tertiary/aromatic N) is 6. The number of nitrogens with two attached hydrogens (primary N) is 1. The van der Waals surface area contributed by atoms with Gasteiger partial charge in [-0.2, -0.15) is 0 Å². The molecular formula is C27H27N9O. The monoisotopic (exact) mass is 493 g/mol. The summed E-state index contributed by atoms with van der Waals surface area (Å²) in [6.45, 7) is 1.68. The van der Waals surface area contributed by atoms with E-state index in [-0.39, 0.29) is 11.8 Å². The molecule has 4 N–H and O–H groups in total. The van der Waals surface area contributed by atoms with Gasteiger partial charge in [0.25, 0.3) is 5.91 Å². The number of primary amides is 1. The van der Waals surface area contributed by atoms with E-state index in [1.54, 1.807) is 12.3 Å². The van der Waals surface area contributed by atoms with Gasteiger partial charge in [-0.3, -0.25) is 4.79 Å². The summed E-state index contributed by atoms with van der Waals surface area (Å²) in [7, 11) is 0. The van der Waals surface area contributed by atoms with E-state index in [0.717, 1.165) is 54.3 Å². The summed E-state index contributed by atoms with van der Waals surface area (Å²) in [5.41, 5.74) is 8.49. The van der Waals surface area contributed by atoms with E-state index >= 15 is 0 Å². The topological polar surface area (TPSA) is 128 Å². The second-order valence-corrected chi connectivity index (χ2v) is 9.08. The minimum absolute atomic E-state index is 0.227. The fourth-order valence-corrected chi connectivity index (χ4v) is 4.83. The van der Waals surface area contributed by atoms with E-state index in [1.165, 1.54) is 0 Å². The maximum absolute atomic E-state index is 11.8. The minimum atomic E-state index is -0.547. The molecule has 0 aliphatic carbocycles. The summed E-state index contributed by atoms with van der Waals surface area (Å²) in [4.78, 5) is 38.1. The number of piperidine rings is 1. The van der Waals surface area contributed by atoms with Gasteiger partial charge in [-0.25, -0.2) is 19.9 Å². The predicted molar refractivity (Wildman–Crippen MR) is 144 cm³/mol. The Kier molecular flexibility index (Phi) is 5.97. The average molecular weight is 494 g/mol. The van der Waals surface area contributed by atoms with Crippen molar-refractivity contribution in [2.45, 2.75) is 25.2 Å². The highest BCUT2D eigenvalue weighted by atomic mass is 16.1. The van der Waals surface area contributed by atoms with Crippen LogP contribution in [0.5, 0.6) is 0 Å². The number of aromatic nitrogens is 4. The molecule has 0 bridgehead atoms. The second-order valence-electron chi connectivity index (χ2n) is 9.08. The Morgan fingerprint density at radius 1 is 1.00 bits per heavy atom. The number of nitrogens with one attached hydrogen (secondary N) is 2. The number of hydrogen-bond donors (Lipinski definition) is 3. The van der Waals surface area contributed by atoms with E-state index in [2.05, 4.69) is 30.1 Å². The molecule has 1 amide bonds. The lowest BCUT2D eigenvalue weighted by Crippen LogP contribution is -2.50. The van der Waals surface area contributed by atoms with Gasteiger partial charge in [-0.05, 0) is 55.3 Å². The number of rotatable bonds is 6. The van der Waals surface area contributed by atoms with Crippen LogP contribution in [0.3, 0.4) is 0 Å². The third kappa shape index (κ3) is 4.73. The average Bonchev–Trinajstić information content (AvgIpc) is 3.38. The first-order chi connectivity index (χ1) is 18.1. The van der Waals surface area contributed by atoms with Crippen LogP contribution in [0.2, 0.25) is 0 Å². The van der Waals surface area contributed by atoms with Crippen LogP contribution >= 0.6 is 0 Å². The molecule has 0 radical (unpaired) electrons. The van der Waals surface area contributed by atoms with Gasteiger partial charge in [0.2, 0.25) is 0 Å². The summed E-state index contributed by atoms with van der Waals surface area (Å²) < 4.78 is 0. The highest BCUT2D eigenvalue weighted by molar-refractivity contribution is 6.43. The maximum Gasteiger partial charge on any atom is 0.267 e. The van der Waals surface area contributed by atoms with E-state index in [0.29, 0.717) is 5.82 Å². The highest BCUT2D eigenvalue weighted by Gasteiger charge is 2.30. The Balaban J connectivity index is 1.16. The Labute approximate surface area is 214 Å². The number of aromatic amines is 1. The van der Waals surface area contributed by atoms with Crippen LogP contribution in [-0.2, 0) is 4.79 Å². The Bertz CT molecular complexity index is 1440. The van der Waals surface area contributed by atoms with Crippen molar-refractivity contribution in [3.63, 3.8) is 0 Å². The number of anilines is 2. The number of imidazole rings is 1. The van der Waals surface area contributed by atoms with Crippen molar-refractivity contribution >= 4 is 34.3 Å². The van der Waals surface area contributed by atoms with Crippen molar-refractivity contribution in [1.82, 2.24) is 24.8 Å². The lowest BCUT2D eigenvalue weighted by Gasteiger charge is -2.42. The summed E-state index contributed by atoms with van der Waals surface area (Å²) in [5, 5.41) is 3.32. The number of benzene rings is 1. The van der Waals surface area contributed by atoms with Crippen LogP contribution in [0, 0.1) is 0 Å². The Morgan fingerprint density at radius 3 is 2.62 bits per heavy atom. The summed E-state index contributed by atoms with van der Waals surface area (Å²) in [6, 6.07) is 19.9. The Hall–Kier alpha value is -4.73. The van der Waals surface area contributed by atoms with E-state index in [4.69, 9.17) is 15.7 Å². The molecule has 2 aliphatic heterocycles. The van der Waals surface area contributed by atoms with Gasteiger partial charge in [0.15, 0.2) is 12.1 Å². The molecule has 37 heavy (non-hydrogen) atoms. The van der Waals surface area contributed by atoms with Gasteiger partial charge < -0.3 is 25.8 Å². The predicted octanol–water partition coefficient (Wildman–Crippen LogP) is 3.14. The first kappa shape index (κ1) is 22.7. The van der Waals surface area contributed by atoms with Crippen molar-refractivity contribution in [3.8, 4) is 11.5 Å². The second kappa shape index (κ2) is 9.73. The minimum Gasteiger partial charge on any atom is -0.364 e. The van der Waals surface area contributed by atoms with Crippen molar-refractivity contribution in [1.29, 1.82) is 0 Å². The van der Waals surface area contributed by atoms with Crippen LogP contribution in [0.4, 0.5) is 11.6 Å². The van der Waals surface area contributed by atoms with Crippen LogP contribution in [0.15, 0.2) is 84.1 Å². The maximum atomic E-state index is 11.8. The van der Waals surface area contributed by atoms with Gasteiger partial charge in [0.05, 0.1) is 11.0 Å². The SMILES string of the molecule is NC(=O)C1=NC(Nc2ccccn2)N(C2CCN(c3cccc(-c4nc5ccccc5[nH]4)n3)CC2)C=C1. The van der Waals surface area contributed by atoms with E-state index in [1.807, 2.05) is 66.9 Å². The number of aliphatic imine (C=N–C) groups is 1. The number of carbonyl (C=O) groups is 1. The van der Waals surface area contributed by atoms with Crippen molar-refractivity contribution in [2.24, 2.45) is 10.7 Å². The standard InChI is InChI=1S/C27H27N9O/c28-25(37)21-13-17-36(27(33-21)34-23-9-3-4-14-29-23)18-11-15-35(16-12-18)24-10-5-8-22(30-24)26-31-19-6-1-2-7-20(19)32-26/h1-10,13-14,17-18,27H,11-12,15-16H2,(H2,28,37)(H,29,34)(H,31,32). The van der Waals surface area contributed by atoms with Gasteiger partial charge in [-0.15, -0.1) is 0 Å². The van der Waals surface area contributed by atoms with Gasteiger partial charge in [0.1, 0.15) is 23.0 Å². The Morgan fingerprint density at radius 2 is 1.84 bits per heavy atom. The van der Waals surface area contributed by atoms with Gasteiger partial charge >= 0.3 is 0 Å². The molecule has 0 spiro atoms. The van der Waals surface area contributed by atoms with Gasteiger partial charge in [0, 0.05) is 31.5 Å². The summed E-state index contributed by atoms with van der Waals surface area (Å²) in [5.74, 6) is 1.84. The largest absolute Gasteiger partial charge is 0.364 e. The number of pyridine rings is 2. The van der Waals surface area contributed by atoms with Crippen molar-refractivity contribution < 1.29 is 4.79 Å². The number of hydrogen-bond acceptors (Lipinski definition) is 8. The zero-order chi connectivity index (χ0) is 25.2. The molecular weight excluding hydrogens is 466 g/mol. The third-order valence-electron chi connectivity index (χ3n) is 6.72. The molecule has 10 nitrogen and oxygen atoms in total. The fraction of sp³-hybridized carbons (Fsp3) is 0.222. The smallest absolute Gasteiger partial charge is 0.267 e. The number of carbonyl (C=O) groups excluding carboxylic acids is 1. The zero-order valence-electron chi connectivity index (χ0n) is 20.2. The summed E-state index contributed by atoms with van der Waals surface area (Å²) >= 11 is 0. The molecule has 1 atom stereocenters. The third-order valence-corrected chi connectivity index (χ3v) is 6.72. The fourth-order valence-electron chi connectivity index (χ4n) is 4.83. The lowest BCUT2D eigenvalue weighted by atomic mass is 10.0. The molecule has 1 saturated heterocycles. The van der Waals surface area contributed by atoms with Crippen LogP contribution in [0.1, 0.15) is 12.8 Å². The molecule has 1 unspecified atom stereocenters. The number of para-hydroxylation sites is 2. The highest BCUT2D eigenvalue weighted by Crippen LogP contribution is 2.27. The number of H-pyrrole nitrogens is 1. The number of fused-ring (bicyclic) bond motifs is 1. The molecule has 4 aromatic rings. The van der Waals surface area contributed by atoms with Gasteiger partial charge in [-0.1, -0.05) is 24.3 Å². The molecule has 3 aromatic heterocycles. The molecule has 5 heterocycles. The normalized spacial score (nSPS) is 18.2. The van der Waals surface area contributed by atoms with E-state index < -0.39 is 12.2 Å². The molecule has 0 saturated carbocycles. The molecule has 1 fully saturated rings. The van der Waals surface area contributed by atoms with Crippen LogP contribution < -0.4 is 16.0 Å². The number of amides is 1. The van der Waals surface area contributed by atoms with Crippen LogP contribution in [-0.4, -0.2) is 61.9 Å². The molecule has 186 valence electrons. The summed E-state index contributed by atoms with van der Waals surface area (Å²) in [6.07, 6.45) is 6.66. The van der Waals surface area contributed by atoms with Crippen LogP contribution in [0.25, 0.3) is 22.6 Å². The molecule has 6 rings (SSSR count). The molecule has 10 heteroatoms. The quantitative estimate of drug-likeness (QED) is 0.376. The van der Waals surface area contributed by atoms with E-state index in [9.17, 15) is 4.79 Å². The molecule has 1 aromatic carbocycles. The van der Waals surface area contributed by atoms with Crippen molar-refractivity contribution in [2.75, 3.05) is 23.3 Å². The molecule has 2 aliphatic rings. The zero-order valence-corrected chi connectivity index (χ0v) is 20.2. The first-order valence-electron chi connectivity index (χ1n) is 12.3. The van der Waals surface area contributed by atoms with Crippen molar-refractivity contribution in [3.05, 3.63) is 79.1 Å². The first-order valence-corrected chi connectivity index (χ1v) is 12.3.